The number of hydrogen-bond donors (Lipinski definition) is 6. The molecule has 60 heavy (non-hydrogen) atoms. The lowest BCUT2D eigenvalue weighted by Gasteiger charge is -2.52. The first kappa shape index (κ1) is 38.1. The van der Waals surface area contributed by atoms with Gasteiger partial charge in [-0.05, 0) is 106 Å². The molecule has 2 unspecified atom stereocenters. The van der Waals surface area contributed by atoms with Gasteiger partial charge in [0.2, 0.25) is 11.8 Å². The lowest BCUT2D eigenvalue weighted by atomic mass is 9.58. The summed E-state index contributed by atoms with van der Waals surface area (Å²) in [5.74, 6) is 8.55. The second-order valence-electron chi connectivity index (χ2n) is 18.4. The number of aromatic nitrogens is 4. The van der Waals surface area contributed by atoms with Gasteiger partial charge in [0.15, 0.2) is 0 Å². The van der Waals surface area contributed by atoms with Gasteiger partial charge in [-0.25, -0.2) is 19.6 Å². The predicted molar refractivity (Wildman–Crippen MR) is 220 cm³/mol. The van der Waals surface area contributed by atoms with Gasteiger partial charge in [0.1, 0.15) is 23.2 Å². The lowest BCUT2D eigenvalue weighted by molar-refractivity contribution is -0.148. The first-order valence-electron chi connectivity index (χ1n) is 21.4. The zero-order valence-corrected chi connectivity index (χ0v) is 33.8. The highest BCUT2D eigenvalue weighted by atomic mass is 16.4. The number of fused-ring (bicyclic) bond motifs is 2. The number of imidazole rings is 2. The summed E-state index contributed by atoms with van der Waals surface area (Å²) in [6.45, 7) is 3.77. The summed E-state index contributed by atoms with van der Waals surface area (Å²) in [6.07, 6.45) is 10.2. The lowest BCUT2D eigenvalue weighted by Crippen LogP contribution is -2.67. The summed E-state index contributed by atoms with van der Waals surface area (Å²) < 4.78 is 0. The molecule has 4 amide bonds. The minimum absolute atomic E-state index is 0.0476. The molecule has 4 saturated carbocycles. The number of benzene rings is 2. The van der Waals surface area contributed by atoms with E-state index < -0.39 is 29.2 Å². The van der Waals surface area contributed by atoms with Gasteiger partial charge in [-0.1, -0.05) is 55.9 Å². The van der Waals surface area contributed by atoms with Gasteiger partial charge in [0.05, 0.1) is 23.5 Å². The number of carbonyl (C=O) groups is 4. The van der Waals surface area contributed by atoms with Crippen LogP contribution < -0.4 is 10.6 Å². The molecule has 6 fully saturated rings. The van der Waals surface area contributed by atoms with Gasteiger partial charge in [-0.15, -0.1) is 0 Å². The monoisotopic (exact) mass is 810 g/mol. The minimum Gasteiger partial charge on any atom is -0.465 e. The van der Waals surface area contributed by atoms with Crippen molar-refractivity contribution in [3.05, 3.63) is 83.7 Å². The van der Waals surface area contributed by atoms with Gasteiger partial charge >= 0.3 is 12.2 Å². The van der Waals surface area contributed by atoms with Crippen LogP contribution in [0.1, 0.15) is 113 Å². The van der Waals surface area contributed by atoms with E-state index in [4.69, 9.17) is 9.97 Å². The fraction of sp³-hybridized carbons (Fsp3) is 0.478. The minimum atomic E-state index is -1.21. The van der Waals surface area contributed by atoms with E-state index in [-0.39, 0.29) is 41.9 Å². The van der Waals surface area contributed by atoms with Crippen molar-refractivity contribution in [3.63, 3.8) is 0 Å². The summed E-state index contributed by atoms with van der Waals surface area (Å²) in [4.78, 5) is 71.9. The Hall–Kier alpha value is -6.10. The van der Waals surface area contributed by atoms with Crippen LogP contribution in [-0.2, 0) is 9.59 Å². The number of hydrogen-bond acceptors (Lipinski definition) is 6. The maximum atomic E-state index is 14.3. The second kappa shape index (κ2) is 14.3. The molecule has 2 aliphatic heterocycles. The zero-order valence-electron chi connectivity index (χ0n) is 33.8. The molecule has 2 aromatic carbocycles. The Morgan fingerprint density at radius 3 is 1.73 bits per heavy atom. The molecule has 2 aromatic heterocycles. The van der Waals surface area contributed by atoms with Crippen molar-refractivity contribution in [1.82, 2.24) is 40.4 Å². The highest BCUT2D eigenvalue weighted by Crippen LogP contribution is 2.57. The second-order valence-corrected chi connectivity index (χ2v) is 18.4. The van der Waals surface area contributed by atoms with E-state index in [2.05, 4.69) is 32.4 Å². The average Bonchev–Trinajstić information content (AvgIpc) is 3.79. The molecule has 6 aliphatic rings. The molecule has 8 atom stereocenters. The maximum absolute atomic E-state index is 14.3. The third-order valence-electron chi connectivity index (χ3n) is 14.9. The summed E-state index contributed by atoms with van der Waals surface area (Å²) in [7, 11) is 0. The predicted octanol–water partition coefficient (Wildman–Crippen LogP) is 6.84. The van der Waals surface area contributed by atoms with E-state index in [0.29, 0.717) is 11.8 Å². The maximum Gasteiger partial charge on any atom is 0.405 e. The molecule has 14 nitrogen and oxygen atoms in total. The van der Waals surface area contributed by atoms with E-state index in [1.807, 2.05) is 77.6 Å². The number of nitrogens with one attached hydrogen (secondary N) is 4. The third-order valence-corrected chi connectivity index (χ3v) is 14.9. The number of piperidine rings is 2. The molecule has 4 aliphatic carbocycles. The van der Waals surface area contributed by atoms with E-state index in [1.54, 1.807) is 6.92 Å². The molecular weight excluding hydrogens is 761 g/mol. The molecule has 2 saturated heterocycles. The van der Waals surface area contributed by atoms with Crippen LogP contribution in [0.25, 0.3) is 22.5 Å². The number of nitrogens with zero attached hydrogens (tertiary/aromatic N) is 4. The van der Waals surface area contributed by atoms with Crippen LogP contribution in [0.15, 0.2) is 60.9 Å². The molecule has 0 spiro atoms. The van der Waals surface area contributed by atoms with Gasteiger partial charge in [-0.3, -0.25) is 9.59 Å². The van der Waals surface area contributed by atoms with E-state index >= 15 is 0 Å². The Morgan fingerprint density at radius 2 is 1.28 bits per heavy atom. The van der Waals surface area contributed by atoms with Crippen molar-refractivity contribution >= 4 is 24.0 Å². The van der Waals surface area contributed by atoms with Crippen LogP contribution in [0.5, 0.6) is 0 Å². The molecule has 4 heterocycles. The Balaban J connectivity index is 0.790. The van der Waals surface area contributed by atoms with E-state index in [0.717, 1.165) is 109 Å². The van der Waals surface area contributed by atoms with Gasteiger partial charge in [-0.2, -0.15) is 0 Å². The average molecular weight is 811 g/mol. The van der Waals surface area contributed by atoms with Gasteiger partial charge in [0.25, 0.3) is 0 Å². The Morgan fingerprint density at radius 1 is 0.767 bits per heavy atom. The number of H-pyrrole nitrogens is 2. The largest absolute Gasteiger partial charge is 0.465 e. The summed E-state index contributed by atoms with van der Waals surface area (Å²) in [6, 6.07) is 14.9. The number of likely N-dealkylation sites (tertiary alicyclic amines) is 2. The van der Waals surface area contributed by atoms with E-state index in [1.165, 1.54) is 0 Å². The first-order chi connectivity index (χ1) is 28.9. The highest BCUT2D eigenvalue weighted by Gasteiger charge is 2.62. The number of carboxylic acid groups (broad SMARTS) is 2. The topological polar surface area (TPSA) is 197 Å². The number of amides is 4. The fourth-order valence-electron chi connectivity index (χ4n) is 10.5. The Bertz CT molecular complexity index is 2420. The molecule has 310 valence electrons. The van der Waals surface area contributed by atoms with Crippen molar-refractivity contribution in [1.29, 1.82) is 0 Å². The quantitative estimate of drug-likeness (QED) is 0.0936. The number of aromatic amines is 2. The molecule has 4 aromatic rings. The summed E-state index contributed by atoms with van der Waals surface area (Å²) in [5, 5.41) is 24.4. The zero-order chi connectivity index (χ0) is 41.5. The molecule has 14 heteroatoms. The smallest absolute Gasteiger partial charge is 0.405 e. The third kappa shape index (κ3) is 6.58. The Kier molecular flexibility index (Phi) is 9.07. The van der Waals surface area contributed by atoms with Crippen LogP contribution in [-0.4, -0.2) is 87.6 Å². The van der Waals surface area contributed by atoms with Crippen LogP contribution in [0.2, 0.25) is 0 Å². The standard InChI is InChI=1S/C46H50N8O6/c1-45(17-4-18-45)46(2,52-44(59)60)42(56)54-35-20-31(35)22-37(54)40-48-24-33(50-40)28-15-11-26(12-16-28)8-7-25-9-13-27(14-10-25)32-23-47-39(49-32)36-21-30-19-34(30)53(36)41(55)38(51-43(57)58)29-5-3-6-29/h9-16,23-24,29-31,34-38,51-52H,3-6,17-22H2,1-2H3,(H,47,49)(H,48,50)(H,57,58)(H,59,60)/t30-,31-,34?,35?,36+,37+,38-,46+/m1/s1. The van der Waals surface area contributed by atoms with Crippen LogP contribution in [0, 0.1) is 35.0 Å². The van der Waals surface area contributed by atoms with Crippen molar-refractivity contribution in [3.8, 4) is 34.4 Å². The Labute approximate surface area is 347 Å². The first-order valence-corrected chi connectivity index (χ1v) is 21.4. The summed E-state index contributed by atoms with van der Waals surface area (Å²) >= 11 is 0. The van der Waals surface area contributed by atoms with Gasteiger partial charge in [0, 0.05) is 46.7 Å². The van der Waals surface area contributed by atoms with Crippen LogP contribution in [0.4, 0.5) is 9.59 Å². The molecule has 0 radical (unpaired) electrons. The normalized spacial score (nSPS) is 27.2. The van der Waals surface area contributed by atoms with Crippen LogP contribution in [0.3, 0.4) is 0 Å². The molecule has 10 rings (SSSR count). The molecular formula is C46H50N8O6. The fourth-order valence-corrected chi connectivity index (χ4v) is 10.5. The molecule has 0 bridgehead atoms. The molecule has 6 N–H and O–H groups in total. The number of carbonyl (C=O) groups excluding carboxylic acids is 2. The van der Waals surface area contributed by atoms with Crippen molar-refractivity contribution < 1.29 is 29.4 Å². The van der Waals surface area contributed by atoms with Gasteiger partial charge < -0.3 is 40.6 Å². The summed E-state index contributed by atoms with van der Waals surface area (Å²) in [5.41, 5.74) is 3.45. The van der Waals surface area contributed by atoms with Crippen molar-refractivity contribution in [2.45, 2.75) is 114 Å². The van der Waals surface area contributed by atoms with Crippen LogP contribution >= 0.6 is 0 Å². The van der Waals surface area contributed by atoms with Crippen molar-refractivity contribution in [2.75, 3.05) is 0 Å². The van der Waals surface area contributed by atoms with E-state index in [9.17, 15) is 29.4 Å². The number of rotatable bonds is 10. The van der Waals surface area contributed by atoms with Crippen molar-refractivity contribution in [2.24, 2.45) is 23.2 Å². The SMILES string of the molecule is CC1([C@@](C)(NC(=O)O)C(=O)N2C3C[C@@H]3C[C@H]2c2nc(-c3ccc(C#Cc4ccc(-c5c[nH]c([C@@H]6C[C@H]7CC7N6C(=O)[C@H](NC(=O)O)C6CCC6)n5)cc4)cc3)c[nH]2)CCC1. The highest BCUT2D eigenvalue weighted by molar-refractivity contribution is 5.91.